The molecule has 0 radical (unpaired) electrons. The Labute approximate surface area is 136 Å². The van der Waals surface area contributed by atoms with Gasteiger partial charge in [-0.25, -0.2) is 13.1 Å². The van der Waals surface area contributed by atoms with Crippen LogP contribution in [0, 0.1) is 12.8 Å². The average Bonchev–Trinajstić information content (AvgIpc) is 3.31. The second kappa shape index (κ2) is 6.03. The summed E-state index contributed by atoms with van der Waals surface area (Å²) in [4.78, 5) is 0.303. The van der Waals surface area contributed by atoms with E-state index >= 15 is 0 Å². The van der Waals surface area contributed by atoms with Crippen molar-refractivity contribution >= 4 is 21.6 Å². The van der Waals surface area contributed by atoms with Crippen LogP contribution in [0.15, 0.2) is 53.4 Å². The Kier molecular flexibility index (Phi) is 4.26. The van der Waals surface area contributed by atoms with Crippen molar-refractivity contribution in [2.45, 2.75) is 30.7 Å². The summed E-state index contributed by atoms with van der Waals surface area (Å²) >= 11 is 5.92. The number of rotatable bonds is 5. The van der Waals surface area contributed by atoms with Gasteiger partial charge in [-0.1, -0.05) is 41.4 Å². The molecule has 0 aliphatic heterocycles. The van der Waals surface area contributed by atoms with E-state index in [1.807, 2.05) is 31.2 Å². The van der Waals surface area contributed by atoms with Gasteiger partial charge in [-0.15, -0.1) is 0 Å². The van der Waals surface area contributed by atoms with Crippen LogP contribution in [-0.4, -0.2) is 8.42 Å². The third-order valence-electron chi connectivity index (χ3n) is 3.94. The summed E-state index contributed by atoms with van der Waals surface area (Å²) in [6.07, 6.45) is 2.09. The maximum absolute atomic E-state index is 12.6. The fourth-order valence-electron chi connectivity index (χ4n) is 2.49. The third-order valence-corrected chi connectivity index (χ3v) is 5.64. The quantitative estimate of drug-likeness (QED) is 0.895. The molecule has 0 unspecified atom stereocenters. The number of hydrogen-bond acceptors (Lipinski definition) is 2. The maximum atomic E-state index is 12.6. The van der Waals surface area contributed by atoms with Crippen LogP contribution in [0.5, 0.6) is 0 Å². The van der Waals surface area contributed by atoms with Crippen molar-refractivity contribution < 1.29 is 8.42 Å². The van der Waals surface area contributed by atoms with Crippen LogP contribution >= 0.6 is 11.6 Å². The highest BCUT2D eigenvalue weighted by molar-refractivity contribution is 7.89. The number of aryl methyl sites for hydroxylation is 1. The Morgan fingerprint density at radius 3 is 2.18 bits per heavy atom. The number of nitrogens with one attached hydrogen (secondary N) is 1. The molecule has 0 bridgehead atoms. The fraction of sp³-hybridized carbons (Fsp3) is 0.294. The number of benzene rings is 2. The van der Waals surface area contributed by atoms with Crippen molar-refractivity contribution in [3.8, 4) is 0 Å². The molecule has 1 aliphatic rings. The Morgan fingerprint density at radius 1 is 1.05 bits per heavy atom. The number of halogens is 1. The van der Waals surface area contributed by atoms with E-state index in [1.165, 1.54) is 0 Å². The van der Waals surface area contributed by atoms with Gasteiger partial charge in [0.1, 0.15) is 0 Å². The maximum Gasteiger partial charge on any atom is 0.241 e. The summed E-state index contributed by atoms with van der Waals surface area (Å²) in [6.45, 7) is 1.94. The SMILES string of the molecule is Cc1ccc(S(=O)(=O)N[C@@H](c2ccc(Cl)cc2)C2CC2)cc1. The lowest BCUT2D eigenvalue weighted by atomic mass is 10.0. The molecule has 1 atom stereocenters. The van der Waals surface area contributed by atoms with E-state index in [-0.39, 0.29) is 6.04 Å². The predicted molar refractivity (Wildman–Crippen MR) is 88.4 cm³/mol. The molecule has 2 aromatic rings. The summed E-state index contributed by atoms with van der Waals surface area (Å²) in [5.41, 5.74) is 2.00. The van der Waals surface area contributed by atoms with Gasteiger partial charge in [-0.2, -0.15) is 0 Å². The summed E-state index contributed by atoms with van der Waals surface area (Å²) in [7, 11) is -3.52. The van der Waals surface area contributed by atoms with Gasteiger partial charge >= 0.3 is 0 Å². The molecule has 1 saturated carbocycles. The zero-order valence-corrected chi connectivity index (χ0v) is 13.9. The second-order valence-electron chi connectivity index (χ2n) is 5.80. The molecule has 22 heavy (non-hydrogen) atoms. The molecule has 3 nitrogen and oxygen atoms in total. The van der Waals surface area contributed by atoms with E-state index in [9.17, 15) is 8.42 Å². The molecule has 1 aliphatic carbocycles. The fourth-order valence-corrected chi connectivity index (χ4v) is 3.91. The predicted octanol–water partition coefficient (Wildman–Crippen LogP) is 4.08. The first-order valence-corrected chi connectivity index (χ1v) is 9.16. The van der Waals surface area contributed by atoms with Crippen LogP contribution in [0.25, 0.3) is 0 Å². The molecule has 0 heterocycles. The van der Waals surface area contributed by atoms with Gasteiger partial charge in [0.05, 0.1) is 4.90 Å². The number of hydrogen-bond donors (Lipinski definition) is 1. The molecule has 116 valence electrons. The molecular weight excluding hydrogens is 318 g/mol. The van der Waals surface area contributed by atoms with Crippen molar-refractivity contribution in [1.82, 2.24) is 4.72 Å². The van der Waals surface area contributed by atoms with Crippen LogP contribution in [0.2, 0.25) is 5.02 Å². The Balaban J connectivity index is 1.87. The zero-order chi connectivity index (χ0) is 15.7. The minimum atomic E-state index is -3.52. The lowest BCUT2D eigenvalue weighted by Gasteiger charge is -2.19. The first-order chi connectivity index (χ1) is 10.5. The van der Waals surface area contributed by atoms with Gasteiger partial charge in [0.15, 0.2) is 0 Å². The second-order valence-corrected chi connectivity index (χ2v) is 7.95. The Bertz CT molecular complexity index is 750. The van der Waals surface area contributed by atoms with E-state index < -0.39 is 10.0 Å². The molecule has 5 heteroatoms. The van der Waals surface area contributed by atoms with Gasteiger partial charge in [0, 0.05) is 11.1 Å². The van der Waals surface area contributed by atoms with Gasteiger partial charge < -0.3 is 0 Å². The Morgan fingerprint density at radius 2 is 1.64 bits per heavy atom. The molecule has 1 N–H and O–H groups in total. The highest BCUT2D eigenvalue weighted by Crippen LogP contribution is 2.42. The summed E-state index contributed by atoms with van der Waals surface area (Å²) < 4.78 is 28.0. The van der Waals surface area contributed by atoms with Crippen LogP contribution in [-0.2, 0) is 10.0 Å². The average molecular weight is 336 g/mol. The van der Waals surface area contributed by atoms with E-state index in [0.29, 0.717) is 15.8 Å². The van der Waals surface area contributed by atoms with Crippen LogP contribution in [0.1, 0.15) is 30.0 Å². The lowest BCUT2D eigenvalue weighted by molar-refractivity contribution is 0.529. The van der Waals surface area contributed by atoms with Crippen LogP contribution in [0.3, 0.4) is 0 Å². The Hall–Kier alpha value is -1.36. The first kappa shape index (κ1) is 15.5. The number of sulfonamides is 1. The van der Waals surface area contributed by atoms with Crippen molar-refractivity contribution in [2.75, 3.05) is 0 Å². The van der Waals surface area contributed by atoms with Gasteiger partial charge in [0.25, 0.3) is 0 Å². The van der Waals surface area contributed by atoms with E-state index in [1.54, 1.807) is 24.3 Å². The topological polar surface area (TPSA) is 46.2 Å². The molecule has 3 rings (SSSR count). The van der Waals surface area contributed by atoms with Gasteiger partial charge in [-0.05, 0) is 55.5 Å². The zero-order valence-electron chi connectivity index (χ0n) is 12.3. The summed E-state index contributed by atoms with van der Waals surface area (Å²) in [5, 5.41) is 0.652. The minimum absolute atomic E-state index is 0.191. The molecule has 0 amide bonds. The third kappa shape index (κ3) is 3.51. The summed E-state index contributed by atoms with van der Waals surface area (Å²) in [5.74, 6) is 0.362. The minimum Gasteiger partial charge on any atom is -0.207 e. The molecule has 0 saturated heterocycles. The molecule has 2 aromatic carbocycles. The highest BCUT2D eigenvalue weighted by Gasteiger charge is 2.35. The van der Waals surface area contributed by atoms with Crippen molar-refractivity contribution in [1.29, 1.82) is 0 Å². The van der Waals surface area contributed by atoms with Gasteiger partial charge in [-0.3, -0.25) is 0 Å². The van der Waals surface area contributed by atoms with E-state index in [4.69, 9.17) is 11.6 Å². The summed E-state index contributed by atoms with van der Waals surface area (Å²) in [6, 6.07) is 14.1. The van der Waals surface area contributed by atoms with Gasteiger partial charge in [0.2, 0.25) is 10.0 Å². The van der Waals surface area contributed by atoms with Crippen molar-refractivity contribution in [2.24, 2.45) is 5.92 Å². The molecular formula is C17H18ClNO2S. The van der Waals surface area contributed by atoms with Crippen molar-refractivity contribution in [3.05, 3.63) is 64.7 Å². The largest absolute Gasteiger partial charge is 0.241 e. The monoisotopic (exact) mass is 335 g/mol. The molecule has 1 fully saturated rings. The van der Waals surface area contributed by atoms with E-state index in [0.717, 1.165) is 24.0 Å². The van der Waals surface area contributed by atoms with Crippen molar-refractivity contribution in [3.63, 3.8) is 0 Å². The van der Waals surface area contributed by atoms with E-state index in [2.05, 4.69) is 4.72 Å². The smallest absolute Gasteiger partial charge is 0.207 e. The van der Waals surface area contributed by atoms with Crippen LogP contribution < -0.4 is 4.72 Å². The molecule has 0 aromatic heterocycles. The highest BCUT2D eigenvalue weighted by atomic mass is 35.5. The van der Waals surface area contributed by atoms with Crippen LogP contribution in [0.4, 0.5) is 0 Å². The standard InChI is InChI=1S/C17H18ClNO2S/c1-12-2-10-16(11-3-12)22(20,21)19-17(13-4-5-13)14-6-8-15(18)9-7-14/h2-3,6-11,13,17,19H,4-5H2,1H3/t17-/m1/s1. The lowest BCUT2D eigenvalue weighted by Crippen LogP contribution is -2.30. The first-order valence-electron chi connectivity index (χ1n) is 7.30. The normalized spacial score (nSPS) is 16.5. The molecule has 0 spiro atoms.